The molecule has 60 valence electrons. The van der Waals surface area contributed by atoms with Crippen molar-refractivity contribution in [1.82, 2.24) is 0 Å². The smallest absolute Gasteiger partial charge is 0.128 e. The number of rotatable bonds is 1. The van der Waals surface area contributed by atoms with Crippen molar-refractivity contribution in [2.75, 3.05) is 0 Å². The third kappa shape index (κ3) is 1.52. The predicted octanol–water partition coefficient (Wildman–Crippen LogP) is 2.25. The van der Waals surface area contributed by atoms with Gasteiger partial charge in [-0.15, -0.1) is 0 Å². The molecule has 0 bridgehead atoms. The molecule has 1 nitrogen and oxygen atoms in total. The molecule has 0 atom stereocenters. The minimum Gasteiger partial charge on any atom is -0.326 e. The van der Waals surface area contributed by atoms with Gasteiger partial charge in [0.05, 0.1) is 0 Å². The van der Waals surface area contributed by atoms with Gasteiger partial charge in [-0.2, -0.15) is 0 Å². The third-order valence-corrected chi connectivity index (χ3v) is 2.09. The van der Waals surface area contributed by atoms with Crippen molar-refractivity contribution in [3.05, 3.63) is 34.1 Å². The van der Waals surface area contributed by atoms with E-state index in [2.05, 4.69) is 0 Å². The first-order valence-electron chi connectivity index (χ1n) is 3.30. The normalized spacial score (nSPS) is 10.2. The third-order valence-electron chi connectivity index (χ3n) is 1.68. The van der Waals surface area contributed by atoms with E-state index in [4.69, 9.17) is 17.3 Å². The van der Waals surface area contributed by atoms with Crippen LogP contribution in [0.5, 0.6) is 0 Å². The van der Waals surface area contributed by atoms with Gasteiger partial charge in [-0.25, -0.2) is 4.39 Å². The van der Waals surface area contributed by atoms with Gasteiger partial charge in [-0.05, 0) is 24.6 Å². The maximum atomic E-state index is 12.9. The van der Waals surface area contributed by atoms with Crippen molar-refractivity contribution >= 4 is 11.6 Å². The van der Waals surface area contributed by atoms with Crippen LogP contribution in [0.2, 0.25) is 5.02 Å². The van der Waals surface area contributed by atoms with Gasteiger partial charge in [0.2, 0.25) is 0 Å². The zero-order valence-corrected chi connectivity index (χ0v) is 6.95. The fourth-order valence-electron chi connectivity index (χ4n) is 0.946. The molecule has 1 rings (SSSR count). The molecule has 0 aliphatic heterocycles. The van der Waals surface area contributed by atoms with Crippen molar-refractivity contribution in [3.63, 3.8) is 0 Å². The lowest BCUT2D eigenvalue weighted by molar-refractivity contribution is 0.608. The Hall–Kier alpha value is -0.600. The van der Waals surface area contributed by atoms with Crippen LogP contribution in [-0.4, -0.2) is 0 Å². The van der Waals surface area contributed by atoms with Gasteiger partial charge in [0.25, 0.3) is 0 Å². The lowest BCUT2D eigenvalue weighted by atomic mass is 10.1. The molecule has 0 amide bonds. The Labute approximate surface area is 70.0 Å². The molecule has 0 fully saturated rings. The summed E-state index contributed by atoms with van der Waals surface area (Å²) >= 11 is 5.74. The Balaban J connectivity index is 3.29. The number of nitrogens with two attached hydrogens (primary N) is 1. The van der Waals surface area contributed by atoms with Crippen LogP contribution in [-0.2, 0) is 6.54 Å². The first-order valence-corrected chi connectivity index (χ1v) is 3.68. The second kappa shape index (κ2) is 3.20. The van der Waals surface area contributed by atoms with Crippen molar-refractivity contribution in [2.24, 2.45) is 5.73 Å². The topological polar surface area (TPSA) is 26.0 Å². The van der Waals surface area contributed by atoms with Crippen molar-refractivity contribution < 1.29 is 4.39 Å². The van der Waals surface area contributed by atoms with E-state index in [0.717, 1.165) is 5.56 Å². The molecular formula is C8H9ClFN. The molecule has 11 heavy (non-hydrogen) atoms. The standard InChI is InChI=1S/C8H9ClFN/c1-5-6(4-11)8(10)3-2-7(5)9/h2-3H,4,11H2,1H3. The van der Waals surface area contributed by atoms with Gasteiger partial charge in [0, 0.05) is 17.1 Å². The number of halogens is 2. The van der Waals surface area contributed by atoms with Crippen LogP contribution in [0.1, 0.15) is 11.1 Å². The maximum Gasteiger partial charge on any atom is 0.128 e. The van der Waals surface area contributed by atoms with Crippen LogP contribution in [0.15, 0.2) is 12.1 Å². The minimum atomic E-state index is -0.283. The van der Waals surface area contributed by atoms with E-state index in [9.17, 15) is 4.39 Å². The highest BCUT2D eigenvalue weighted by Crippen LogP contribution is 2.20. The summed E-state index contributed by atoms with van der Waals surface area (Å²) in [6, 6.07) is 2.86. The first-order chi connectivity index (χ1) is 5.16. The van der Waals surface area contributed by atoms with Gasteiger partial charge >= 0.3 is 0 Å². The molecule has 2 N–H and O–H groups in total. The molecule has 1 aromatic rings. The molecule has 3 heteroatoms. The minimum absolute atomic E-state index is 0.193. The summed E-state index contributed by atoms with van der Waals surface area (Å²) < 4.78 is 12.9. The SMILES string of the molecule is Cc1c(Cl)ccc(F)c1CN. The summed E-state index contributed by atoms with van der Waals surface area (Å²) in [7, 11) is 0. The summed E-state index contributed by atoms with van der Waals surface area (Å²) in [6.45, 7) is 1.95. The van der Waals surface area contributed by atoms with Crippen LogP contribution >= 0.6 is 11.6 Å². The summed E-state index contributed by atoms with van der Waals surface area (Å²) in [4.78, 5) is 0. The van der Waals surface area contributed by atoms with Crippen molar-refractivity contribution in [3.8, 4) is 0 Å². The summed E-state index contributed by atoms with van der Waals surface area (Å²) in [6.07, 6.45) is 0. The summed E-state index contributed by atoms with van der Waals surface area (Å²) in [5.74, 6) is -0.283. The van der Waals surface area contributed by atoms with Gasteiger partial charge in [-0.1, -0.05) is 11.6 Å². The molecule has 0 saturated carbocycles. The Morgan fingerprint density at radius 1 is 1.55 bits per heavy atom. The molecule has 0 aromatic heterocycles. The number of hydrogen-bond acceptors (Lipinski definition) is 1. The van der Waals surface area contributed by atoms with E-state index in [1.54, 1.807) is 6.92 Å². The van der Waals surface area contributed by atoms with Crippen LogP contribution < -0.4 is 5.73 Å². The fourth-order valence-corrected chi connectivity index (χ4v) is 1.12. The average Bonchev–Trinajstić information content (AvgIpc) is 1.99. The highest BCUT2D eigenvalue weighted by Gasteiger charge is 2.05. The molecule has 0 heterocycles. The van der Waals surface area contributed by atoms with E-state index in [-0.39, 0.29) is 12.4 Å². The monoisotopic (exact) mass is 173 g/mol. The molecule has 0 aliphatic carbocycles. The zero-order chi connectivity index (χ0) is 8.43. The average molecular weight is 174 g/mol. The lowest BCUT2D eigenvalue weighted by Crippen LogP contribution is -2.02. The molecule has 1 aromatic carbocycles. The van der Waals surface area contributed by atoms with Crippen molar-refractivity contribution in [2.45, 2.75) is 13.5 Å². The van der Waals surface area contributed by atoms with Crippen molar-refractivity contribution in [1.29, 1.82) is 0 Å². The van der Waals surface area contributed by atoms with E-state index < -0.39 is 0 Å². The second-order valence-corrected chi connectivity index (χ2v) is 2.74. The Kier molecular flexibility index (Phi) is 2.47. The van der Waals surface area contributed by atoms with E-state index in [0.29, 0.717) is 10.6 Å². The number of hydrogen-bond donors (Lipinski definition) is 1. The second-order valence-electron chi connectivity index (χ2n) is 2.34. The van der Waals surface area contributed by atoms with Gasteiger partial charge in [0.15, 0.2) is 0 Å². The Morgan fingerprint density at radius 2 is 2.18 bits per heavy atom. The fraction of sp³-hybridized carbons (Fsp3) is 0.250. The molecular weight excluding hydrogens is 165 g/mol. The molecule has 0 saturated heterocycles. The summed E-state index contributed by atoms with van der Waals surface area (Å²) in [5, 5.41) is 0.562. The molecule has 0 spiro atoms. The number of benzene rings is 1. The van der Waals surface area contributed by atoms with Crippen LogP contribution in [0.25, 0.3) is 0 Å². The summed E-state index contributed by atoms with van der Waals surface area (Å²) in [5.41, 5.74) is 6.55. The maximum absolute atomic E-state index is 12.9. The van der Waals surface area contributed by atoms with Crippen LogP contribution in [0.3, 0.4) is 0 Å². The highest BCUT2D eigenvalue weighted by molar-refractivity contribution is 6.31. The van der Waals surface area contributed by atoms with Crippen LogP contribution in [0, 0.1) is 12.7 Å². The van der Waals surface area contributed by atoms with E-state index in [1.807, 2.05) is 0 Å². The largest absolute Gasteiger partial charge is 0.326 e. The van der Waals surface area contributed by atoms with Gasteiger partial charge in [0.1, 0.15) is 5.82 Å². The Bertz CT molecular complexity index is 273. The van der Waals surface area contributed by atoms with Gasteiger partial charge < -0.3 is 5.73 Å². The van der Waals surface area contributed by atoms with E-state index in [1.165, 1.54) is 12.1 Å². The van der Waals surface area contributed by atoms with E-state index >= 15 is 0 Å². The van der Waals surface area contributed by atoms with Crippen LogP contribution in [0.4, 0.5) is 4.39 Å². The highest BCUT2D eigenvalue weighted by atomic mass is 35.5. The first kappa shape index (κ1) is 8.50. The lowest BCUT2D eigenvalue weighted by Gasteiger charge is -2.05. The quantitative estimate of drug-likeness (QED) is 0.693. The molecule has 0 radical (unpaired) electrons. The molecule has 0 aliphatic rings. The zero-order valence-electron chi connectivity index (χ0n) is 6.20. The Morgan fingerprint density at radius 3 is 2.64 bits per heavy atom. The molecule has 0 unspecified atom stereocenters. The van der Waals surface area contributed by atoms with Gasteiger partial charge in [-0.3, -0.25) is 0 Å². The predicted molar refractivity (Wildman–Crippen MR) is 44.0 cm³/mol.